The van der Waals surface area contributed by atoms with Crippen molar-refractivity contribution in [2.24, 2.45) is 0 Å². The topological polar surface area (TPSA) is 89.4 Å². The van der Waals surface area contributed by atoms with E-state index in [0.29, 0.717) is 19.6 Å². The van der Waals surface area contributed by atoms with Crippen LogP contribution in [0.4, 0.5) is 0 Å². The number of rotatable bonds is 6. The lowest BCUT2D eigenvalue weighted by molar-refractivity contribution is -0.125. The average Bonchev–Trinajstić information content (AvgIpc) is 2.52. The summed E-state index contributed by atoms with van der Waals surface area (Å²) in [7, 11) is 1.61. The number of methoxy groups -OCH3 is 1. The molecule has 0 unspecified atom stereocenters. The molecule has 126 valence electrons. The van der Waals surface area contributed by atoms with Gasteiger partial charge in [0.2, 0.25) is 11.8 Å². The number of aromatic nitrogens is 1. The van der Waals surface area contributed by atoms with Gasteiger partial charge in [-0.2, -0.15) is 0 Å². The second kappa shape index (κ2) is 7.92. The van der Waals surface area contributed by atoms with Gasteiger partial charge < -0.3 is 19.9 Å². The van der Waals surface area contributed by atoms with Gasteiger partial charge in [-0.25, -0.2) is 0 Å². The maximum absolute atomic E-state index is 12.0. The summed E-state index contributed by atoms with van der Waals surface area (Å²) < 4.78 is 6.82. The molecule has 2 rings (SSSR count). The summed E-state index contributed by atoms with van der Waals surface area (Å²) in [6.45, 7) is 2.40. The number of ether oxygens (including phenoxy) is 1. The second-order valence-electron chi connectivity index (χ2n) is 5.70. The molecule has 23 heavy (non-hydrogen) atoms. The van der Waals surface area contributed by atoms with Crippen molar-refractivity contribution in [3.05, 3.63) is 33.7 Å². The highest BCUT2D eigenvalue weighted by molar-refractivity contribution is 5.83. The Morgan fingerprint density at radius 1 is 1.39 bits per heavy atom. The van der Waals surface area contributed by atoms with E-state index in [-0.39, 0.29) is 30.0 Å². The van der Waals surface area contributed by atoms with Gasteiger partial charge in [0.05, 0.1) is 13.2 Å². The molecule has 0 saturated carbocycles. The van der Waals surface area contributed by atoms with Crippen LogP contribution in [0.2, 0.25) is 0 Å². The van der Waals surface area contributed by atoms with E-state index in [1.54, 1.807) is 17.7 Å². The molecule has 0 saturated heterocycles. The zero-order valence-corrected chi connectivity index (χ0v) is 13.6. The molecule has 1 aliphatic carbocycles. The lowest BCUT2D eigenvalue weighted by Gasteiger charge is -2.27. The highest BCUT2D eigenvalue weighted by Crippen LogP contribution is 2.20. The molecule has 0 aliphatic heterocycles. The molecule has 0 spiro atoms. The molecule has 1 aromatic rings. The van der Waals surface area contributed by atoms with Gasteiger partial charge in [0.1, 0.15) is 0 Å². The summed E-state index contributed by atoms with van der Waals surface area (Å²) in [5.74, 6) is -0.419. The number of nitrogens with one attached hydrogen (secondary N) is 2. The number of pyridine rings is 1. The van der Waals surface area contributed by atoms with Crippen LogP contribution in [0.15, 0.2) is 16.9 Å². The zero-order chi connectivity index (χ0) is 16.8. The number of carbonyl (C=O) groups is 2. The first-order valence-corrected chi connectivity index (χ1v) is 7.75. The van der Waals surface area contributed by atoms with Gasteiger partial charge in [-0.1, -0.05) is 6.07 Å². The molecule has 7 nitrogen and oxygen atoms in total. The Labute approximate surface area is 135 Å². The Bertz CT molecular complexity index is 639. The third-order valence-corrected chi connectivity index (χ3v) is 3.97. The molecule has 1 aliphatic rings. The summed E-state index contributed by atoms with van der Waals surface area (Å²) in [5.41, 5.74) is 2.09. The van der Waals surface area contributed by atoms with Crippen molar-refractivity contribution in [2.75, 3.05) is 20.3 Å². The van der Waals surface area contributed by atoms with Crippen LogP contribution >= 0.6 is 0 Å². The summed E-state index contributed by atoms with van der Waals surface area (Å²) in [6.07, 6.45) is 2.20. The molecule has 1 aromatic heterocycles. The maximum Gasteiger partial charge on any atom is 0.250 e. The third kappa shape index (κ3) is 4.66. The van der Waals surface area contributed by atoms with E-state index in [9.17, 15) is 14.4 Å². The maximum atomic E-state index is 12.0. The summed E-state index contributed by atoms with van der Waals surface area (Å²) in [6, 6.07) is 3.43. The van der Waals surface area contributed by atoms with E-state index in [0.717, 1.165) is 24.1 Å². The molecule has 2 N–H and O–H groups in total. The van der Waals surface area contributed by atoms with Crippen molar-refractivity contribution in [1.82, 2.24) is 15.2 Å². The van der Waals surface area contributed by atoms with Crippen molar-refractivity contribution in [3.63, 3.8) is 0 Å². The molecule has 0 bridgehead atoms. The first kappa shape index (κ1) is 17.2. The average molecular weight is 321 g/mol. The standard InChI is InChI=1S/C16H23N3O4/c1-11(20)17-10-15(21)18-13-4-5-14-12(9-13)3-6-16(22)19(14)7-8-23-2/h3,6,13H,4-5,7-10H2,1-2H3,(H,17,20)(H,18,21)/t13-/m1/s1. The predicted molar refractivity (Wildman–Crippen MR) is 85.2 cm³/mol. The van der Waals surface area contributed by atoms with Crippen molar-refractivity contribution >= 4 is 11.8 Å². The van der Waals surface area contributed by atoms with Crippen LogP contribution in [-0.2, 0) is 33.7 Å². The lowest BCUT2D eigenvalue weighted by Crippen LogP contribution is -2.44. The zero-order valence-electron chi connectivity index (χ0n) is 13.6. The Balaban J connectivity index is 2.02. The van der Waals surface area contributed by atoms with Crippen LogP contribution in [0, 0.1) is 0 Å². The molecular formula is C16H23N3O4. The largest absolute Gasteiger partial charge is 0.383 e. The Morgan fingerprint density at radius 3 is 2.87 bits per heavy atom. The van der Waals surface area contributed by atoms with Crippen LogP contribution in [0.1, 0.15) is 24.6 Å². The van der Waals surface area contributed by atoms with Gasteiger partial charge in [0.25, 0.3) is 5.56 Å². The SMILES string of the molecule is COCCn1c2c(ccc1=O)C[C@H](NC(=O)CNC(C)=O)CC2. The van der Waals surface area contributed by atoms with Crippen molar-refractivity contribution in [1.29, 1.82) is 0 Å². The summed E-state index contributed by atoms with van der Waals surface area (Å²) >= 11 is 0. The Morgan fingerprint density at radius 2 is 2.17 bits per heavy atom. The van der Waals surface area contributed by atoms with E-state index >= 15 is 0 Å². The fraction of sp³-hybridized carbons (Fsp3) is 0.562. The van der Waals surface area contributed by atoms with Crippen molar-refractivity contribution in [3.8, 4) is 0 Å². The number of carbonyl (C=O) groups excluding carboxylic acids is 2. The molecule has 0 fully saturated rings. The molecule has 1 heterocycles. The van der Waals surface area contributed by atoms with Crippen LogP contribution < -0.4 is 16.2 Å². The van der Waals surface area contributed by atoms with Crippen LogP contribution in [-0.4, -0.2) is 42.7 Å². The molecule has 0 aromatic carbocycles. The van der Waals surface area contributed by atoms with Crippen LogP contribution in [0.25, 0.3) is 0 Å². The number of hydrogen-bond donors (Lipinski definition) is 2. The van der Waals surface area contributed by atoms with E-state index in [1.807, 2.05) is 6.07 Å². The van der Waals surface area contributed by atoms with Gasteiger partial charge in [-0.3, -0.25) is 14.4 Å². The lowest BCUT2D eigenvalue weighted by atomic mass is 9.91. The number of hydrogen-bond acceptors (Lipinski definition) is 4. The minimum absolute atomic E-state index is 0.00791. The number of amides is 2. The minimum Gasteiger partial charge on any atom is -0.383 e. The third-order valence-electron chi connectivity index (χ3n) is 3.97. The first-order chi connectivity index (χ1) is 11.0. The smallest absolute Gasteiger partial charge is 0.250 e. The molecule has 2 amide bonds. The van der Waals surface area contributed by atoms with Crippen LogP contribution in [0.3, 0.4) is 0 Å². The number of fused-ring (bicyclic) bond motifs is 1. The molecule has 7 heteroatoms. The second-order valence-corrected chi connectivity index (χ2v) is 5.70. The van der Waals surface area contributed by atoms with E-state index in [4.69, 9.17) is 4.74 Å². The van der Waals surface area contributed by atoms with Crippen LogP contribution in [0.5, 0.6) is 0 Å². The van der Waals surface area contributed by atoms with Gasteiger partial charge >= 0.3 is 0 Å². The highest BCUT2D eigenvalue weighted by atomic mass is 16.5. The van der Waals surface area contributed by atoms with Crippen molar-refractivity contribution in [2.45, 2.75) is 38.8 Å². The molecule has 1 atom stereocenters. The van der Waals surface area contributed by atoms with E-state index in [1.165, 1.54) is 6.92 Å². The van der Waals surface area contributed by atoms with E-state index in [2.05, 4.69) is 10.6 Å². The monoisotopic (exact) mass is 321 g/mol. The quantitative estimate of drug-likeness (QED) is 0.746. The fourth-order valence-electron chi connectivity index (χ4n) is 2.86. The predicted octanol–water partition coefficient (Wildman–Crippen LogP) is -0.396. The fourth-order valence-corrected chi connectivity index (χ4v) is 2.86. The Hall–Kier alpha value is -2.15. The summed E-state index contributed by atoms with van der Waals surface area (Å²) in [5, 5.41) is 5.41. The Kier molecular flexibility index (Phi) is 5.92. The number of nitrogens with zero attached hydrogens (tertiary/aromatic N) is 1. The highest BCUT2D eigenvalue weighted by Gasteiger charge is 2.22. The molecular weight excluding hydrogens is 298 g/mol. The van der Waals surface area contributed by atoms with Gasteiger partial charge in [0, 0.05) is 38.4 Å². The van der Waals surface area contributed by atoms with Gasteiger partial charge in [-0.05, 0) is 24.8 Å². The van der Waals surface area contributed by atoms with E-state index < -0.39 is 0 Å². The van der Waals surface area contributed by atoms with Gasteiger partial charge in [0.15, 0.2) is 0 Å². The summed E-state index contributed by atoms with van der Waals surface area (Å²) in [4.78, 5) is 34.6. The molecule has 0 radical (unpaired) electrons. The normalized spacial score (nSPS) is 16.5. The van der Waals surface area contributed by atoms with Crippen molar-refractivity contribution < 1.29 is 14.3 Å². The minimum atomic E-state index is -0.226. The van der Waals surface area contributed by atoms with Gasteiger partial charge in [-0.15, -0.1) is 0 Å². The first-order valence-electron chi connectivity index (χ1n) is 7.75.